The molecule has 114 valence electrons. The van der Waals surface area contributed by atoms with Crippen LogP contribution in [0.3, 0.4) is 0 Å². The number of rotatable bonds is 4. The number of hydrogen-bond acceptors (Lipinski definition) is 3. The quantitative estimate of drug-likeness (QED) is 0.895. The maximum Gasteiger partial charge on any atom is 0.337 e. The van der Waals surface area contributed by atoms with E-state index in [1.54, 1.807) is 0 Å². The molecule has 0 spiro atoms. The Bertz CT molecular complexity index is 576. The number of halogens is 2. The molecule has 1 aromatic rings. The Balaban J connectivity index is 2.24. The average Bonchev–Trinajstić information content (AvgIpc) is 2.90. The largest absolute Gasteiger partial charge is 0.478 e. The predicted molar refractivity (Wildman–Crippen MR) is 70.1 cm³/mol. The summed E-state index contributed by atoms with van der Waals surface area (Å²) in [6.45, 7) is 2.32. The molecule has 2 unspecified atom stereocenters. The number of ether oxygens (including phenoxy) is 1. The number of nitrogens with one attached hydrogen (secondary N) is 1. The first-order chi connectivity index (χ1) is 9.93. The van der Waals surface area contributed by atoms with Crippen LogP contribution in [0, 0.1) is 17.6 Å². The topological polar surface area (TPSA) is 75.6 Å². The summed E-state index contributed by atoms with van der Waals surface area (Å²) in [4.78, 5) is 23.2. The molecule has 0 aromatic heterocycles. The van der Waals surface area contributed by atoms with Gasteiger partial charge in [0.1, 0.15) is 0 Å². The van der Waals surface area contributed by atoms with Gasteiger partial charge in [0, 0.05) is 12.7 Å². The maximum atomic E-state index is 13.2. The van der Waals surface area contributed by atoms with Crippen molar-refractivity contribution in [2.75, 3.05) is 11.9 Å². The van der Waals surface area contributed by atoms with Gasteiger partial charge >= 0.3 is 5.97 Å². The summed E-state index contributed by atoms with van der Waals surface area (Å²) in [5, 5.41) is 11.4. The number of hydrogen-bond donors (Lipinski definition) is 2. The van der Waals surface area contributed by atoms with E-state index in [1.165, 1.54) is 0 Å². The van der Waals surface area contributed by atoms with Gasteiger partial charge in [-0.3, -0.25) is 4.79 Å². The Morgan fingerprint density at radius 2 is 2.05 bits per heavy atom. The van der Waals surface area contributed by atoms with Crippen molar-refractivity contribution >= 4 is 17.6 Å². The highest BCUT2D eigenvalue weighted by Gasteiger charge is 2.33. The second kappa shape index (κ2) is 6.17. The number of aromatic carboxylic acids is 1. The van der Waals surface area contributed by atoms with Crippen LogP contribution in [-0.4, -0.2) is 29.7 Å². The second-order valence-corrected chi connectivity index (χ2v) is 4.82. The van der Waals surface area contributed by atoms with E-state index >= 15 is 0 Å². The van der Waals surface area contributed by atoms with E-state index in [4.69, 9.17) is 9.84 Å². The number of carbonyl (C=O) groups is 2. The van der Waals surface area contributed by atoms with Crippen LogP contribution < -0.4 is 5.32 Å². The number of carboxylic acids is 1. The lowest BCUT2D eigenvalue weighted by atomic mass is 9.98. The SMILES string of the molecule is CCC1OCCC1C(=O)Nc1cc(F)c(F)cc1C(=O)O. The molecule has 1 amide bonds. The van der Waals surface area contributed by atoms with Gasteiger partial charge in [-0.1, -0.05) is 6.92 Å². The van der Waals surface area contributed by atoms with Crippen molar-refractivity contribution in [3.63, 3.8) is 0 Å². The van der Waals surface area contributed by atoms with Crippen LogP contribution in [0.15, 0.2) is 12.1 Å². The normalized spacial score (nSPS) is 21.3. The predicted octanol–water partition coefficient (Wildman–Crippen LogP) is 2.42. The summed E-state index contributed by atoms with van der Waals surface area (Å²) < 4.78 is 31.7. The molecule has 0 aliphatic carbocycles. The van der Waals surface area contributed by atoms with Crippen molar-refractivity contribution in [2.45, 2.75) is 25.9 Å². The third kappa shape index (κ3) is 3.18. The minimum absolute atomic E-state index is 0.247. The third-order valence-electron chi connectivity index (χ3n) is 3.50. The fraction of sp³-hybridized carbons (Fsp3) is 0.429. The van der Waals surface area contributed by atoms with Crippen molar-refractivity contribution in [1.29, 1.82) is 0 Å². The van der Waals surface area contributed by atoms with Crippen molar-refractivity contribution in [3.05, 3.63) is 29.3 Å². The van der Waals surface area contributed by atoms with Crippen LogP contribution in [0.5, 0.6) is 0 Å². The van der Waals surface area contributed by atoms with Crippen molar-refractivity contribution in [1.82, 2.24) is 0 Å². The summed E-state index contributed by atoms with van der Waals surface area (Å²) in [5.41, 5.74) is -0.748. The number of anilines is 1. The van der Waals surface area contributed by atoms with E-state index in [-0.39, 0.29) is 11.8 Å². The van der Waals surface area contributed by atoms with Crippen LogP contribution >= 0.6 is 0 Å². The van der Waals surface area contributed by atoms with Crippen molar-refractivity contribution in [2.24, 2.45) is 5.92 Å². The zero-order valence-corrected chi connectivity index (χ0v) is 11.4. The van der Waals surface area contributed by atoms with E-state index in [9.17, 15) is 18.4 Å². The number of amides is 1. The summed E-state index contributed by atoms with van der Waals surface area (Å²) in [5.74, 6) is -4.82. The summed E-state index contributed by atoms with van der Waals surface area (Å²) >= 11 is 0. The van der Waals surface area contributed by atoms with E-state index in [0.29, 0.717) is 31.6 Å². The van der Waals surface area contributed by atoms with Gasteiger partial charge in [-0.05, 0) is 18.9 Å². The highest BCUT2D eigenvalue weighted by molar-refractivity contribution is 6.01. The molecule has 5 nitrogen and oxygen atoms in total. The molecule has 0 saturated carbocycles. The molecule has 1 aromatic carbocycles. The van der Waals surface area contributed by atoms with Gasteiger partial charge in [0.15, 0.2) is 11.6 Å². The molecule has 0 bridgehead atoms. The number of benzene rings is 1. The van der Waals surface area contributed by atoms with Crippen LogP contribution in [0.2, 0.25) is 0 Å². The van der Waals surface area contributed by atoms with Crippen LogP contribution in [0.1, 0.15) is 30.1 Å². The molecular weight excluding hydrogens is 284 g/mol. The Kier molecular flexibility index (Phi) is 4.52. The van der Waals surface area contributed by atoms with Gasteiger partial charge in [-0.2, -0.15) is 0 Å². The molecule has 1 fully saturated rings. The first-order valence-electron chi connectivity index (χ1n) is 6.58. The van der Waals surface area contributed by atoms with Gasteiger partial charge in [-0.25, -0.2) is 13.6 Å². The monoisotopic (exact) mass is 299 g/mol. The smallest absolute Gasteiger partial charge is 0.337 e. The number of carbonyl (C=O) groups excluding carboxylic acids is 1. The highest BCUT2D eigenvalue weighted by Crippen LogP contribution is 2.26. The molecule has 2 rings (SSSR count). The van der Waals surface area contributed by atoms with Gasteiger partial charge in [-0.15, -0.1) is 0 Å². The second-order valence-electron chi connectivity index (χ2n) is 4.82. The average molecular weight is 299 g/mol. The molecule has 7 heteroatoms. The summed E-state index contributed by atoms with van der Waals surface area (Å²) in [6, 6.07) is 1.23. The lowest BCUT2D eigenvalue weighted by Crippen LogP contribution is -2.29. The molecule has 1 saturated heterocycles. The highest BCUT2D eigenvalue weighted by atomic mass is 19.2. The minimum Gasteiger partial charge on any atom is -0.478 e. The molecule has 0 radical (unpaired) electrons. The first kappa shape index (κ1) is 15.4. The molecule has 1 aliphatic heterocycles. The summed E-state index contributed by atoms with van der Waals surface area (Å²) in [6.07, 6.45) is 0.904. The Morgan fingerprint density at radius 3 is 2.67 bits per heavy atom. The maximum absolute atomic E-state index is 13.2. The zero-order chi connectivity index (χ0) is 15.6. The summed E-state index contributed by atoms with van der Waals surface area (Å²) in [7, 11) is 0. The Hall–Kier alpha value is -2.02. The molecule has 1 heterocycles. The van der Waals surface area contributed by atoms with Gasteiger partial charge in [0.05, 0.1) is 23.3 Å². The van der Waals surface area contributed by atoms with Crippen LogP contribution in [0.4, 0.5) is 14.5 Å². The molecule has 21 heavy (non-hydrogen) atoms. The fourth-order valence-electron chi connectivity index (χ4n) is 2.40. The fourth-order valence-corrected chi connectivity index (χ4v) is 2.40. The molecule has 2 atom stereocenters. The van der Waals surface area contributed by atoms with Crippen molar-refractivity contribution in [3.8, 4) is 0 Å². The lowest BCUT2D eigenvalue weighted by Gasteiger charge is -2.17. The van der Waals surface area contributed by atoms with Gasteiger partial charge in [0.2, 0.25) is 5.91 Å². The first-order valence-corrected chi connectivity index (χ1v) is 6.58. The van der Waals surface area contributed by atoms with E-state index < -0.39 is 35.0 Å². The lowest BCUT2D eigenvalue weighted by molar-refractivity contribution is -0.121. The molecule has 1 aliphatic rings. The van der Waals surface area contributed by atoms with Crippen LogP contribution in [-0.2, 0) is 9.53 Å². The Morgan fingerprint density at radius 1 is 1.38 bits per heavy atom. The van der Waals surface area contributed by atoms with E-state index in [0.717, 1.165) is 0 Å². The van der Waals surface area contributed by atoms with E-state index in [1.807, 2.05) is 6.92 Å². The van der Waals surface area contributed by atoms with Gasteiger partial charge < -0.3 is 15.2 Å². The van der Waals surface area contributed by atoms with Crippen LogP contribution in [0.25, 0.3) is 0 Å². The third-order valence-corrected chi connectivity index (χ3v) is 3.50. The van der Waals surface area contributed by atoms with E-state index in [2.05, 4.69) is 5.32 Å². The van der Waals surface area contributed by atoms with Gasteiger partial charge in [0.25, 0.3) is 0 Å². The standard InChI is InChI=1S/C14H15F2NO4/c1-2-12-7(3-4-21-12)13(18)17-11-6-10(16)9(15)5-8(11)14(19)20/h5-7,12H,2-4H2,1H3,(H,17,18)(H,19,20). The number of carboxylic acid groups (broad SMARTS) is 1. The minimum atomic E-state index is -1.45. The van der Waals surface area contributed by atoms with Crippen molar-refractivity contribution < 1.29 is 28.2 Å². The zero-order valence-electron chi connectivity index (χ0n) is 11.4. The molecule has 2 N–H and O–H groups in total. The Labute approximate surface area is 119 Å². The molecular formula is C14H15F2NO4.